The molecule has 0 spiro atoms. The van der Waals surface area contributed by atoms with Crippen molar-refractivity contribution < 1.29 is 13.6 Å². The van der Waals surface area contributed by atoms with Crippen LogP contribution < -0.4 is 10.6 Å². The van der Waals surface area contributed by atoms with Gasteiger partial charge in [0, 0.05) is 42.3 Å². The Kier molecular flexibility index (Phi) is 5.38. The molecule has 29 heavy (non-hydrogen) atoms. The Balaban J connectivity index is 1.28. The summed E-state index contributed by atoms with van der Waals surface area (Å²) < 4.78 is 20.4. The number of nitrogens with one attached hydrogen (secondary N) is 2. The molecular formula is C22H19FN4O2. The number of urea groups is 1. The highest BCUT2D eigenvalue weighted by molar-refractivity contribution is 5.89. The van der Waals surface area contributed by atoms with Crippen LogP contribution in [0.2, 0.25) is 0 Å². The van der Waals surface area contributed by atoms with E-state index in [1.807, 2.05) is 53.4 Å². The first-order valence-corrected chi connectivity index (χ1v) is 9.16. The van der Waals surface area contributed by atoms with Gasteiger partial charge in [-0.25, -0.2) is 14.2 Å². The summed E-state index contributed by atoms with van der Waals surface area (Å²) in [5.74, 6) is 0.112. The first kappa shape index (κ1) is 18.5. The number of amides is 2. The number of oxazole rings is 1. The van der Waals surface area contributed by atoms with Gasteiger partial charge in [0.15, 0.2) is 0 Å². The van der Waals surface area contributed by atoms with E-state index in [0.717, 1.165) is 5.69 Å². The summed E-state index contributed by atoms with van der Waals surface area (Å²) in [4.78, 5) is 16.5. The van der Waals surface area contributed by atoms with E-state index in [4.69, 9.17) is 4.42 Å². The fourth-order valence-corrected chi connectivity index (χ4v) is 2.88. The van der Waals surface area contributed by atoms with Crippen molar-refractivity contribution in [3.8, 4) is 17.1 Å². The van der Waals surface area contributed by atoms with E-state index in [1.165, 1.54) is 12.1 Å². The van der Waals surface area contributed by atoms with E-state index < -0.39 is 0 Å². The normalized spacial score (nSPS) is 10.7. The number of aromatic nitrogens is 2. The molecule has 0 bridgehead atoms. The van der Waals surface area contributed by atoms with E-state index in [2.05, 4.69) is 15.6 Å². The molecule has 0 unspecified atom stereocenters. The van der Waals surface area contributed by atoms with Crippen LogP contribution in [0.3, 0.4) is 0 Å². The van der Waals surface area contributed by atoms with Crippen molar-refractivity contribution in [2.45, 2.75) is 6.42 Å². The summed E-state index contributed by atoms with van der Waals surface area (Å²) in [5.41, 5.74) is 3.07. The van der Waals surface area contributed by atoms with Gasteiger partial charge in [0.05, 0.1) is 5.69 Å². The van der Waals surface area contributed by atoms with Gasteiger partial charge in [0.2, 0.25) is 5.89 Å². The van der Waals surface area contributed by atoms with Crippen LogP contribution in [0.15, 0.2) is 83.7 Å². The van der Waals surface area contributed by atoms with Crippen LogP contribution >= 0.6 is 0 Å². The first-order chi connectivity index (χ1) is 14.2. The zero-order valence-corrected chi connectivity index (χ0v) is 15.5. The molecule has 0 fully saturated rings. The molecule has 7 heteroatoms. The predicted molar refractivity (Wildman–Crippen MR) is 108 cm³/mol. The molecule has 6 nitrogen and oxygen atoms in total. The maximum Gasteiger partial charge on any atom is 0.319 e. The molecular weight excluding hydrogens is 371 g/mol. The SMILES string of the molecule is O=C(NCCc1coc(-c2ccc(F)cc2)n1)Nc1cccc(-n2cccc2)c1. The van der Waals surface area contributed by atoms with Crippen LogP contribution in [0.25, 0.3) is 17.1 Å². The molecule has 2 N–H and O–H groups in total. The number of carbonyl (C=O) groups excluding carboxylic acids is 1. The van der Waals surface area contributed by atoms with Crippen molar-refractivity contribution in [3.63, 3.8) is 0 Å². The summed E-state index contributed by atoms with van der Waals surface area (Å²) in [7, 11) is 0. The Morgan fingerprint density at radius 1 is 1.07 bits per heavy atom. The number of benzene rings is 2. The van der Waals surface area contributed by atoms with Crippen LogP contribution in [-0.4, -0.2) is 22.1 Å². The van der Waals surface area contributed by atoms with Gasteiger partial charge in [-0.05, 0) is 54.6 Å². The van der Waals surface area contributed by atoms with Gasteiger partial charge in [-0.15, -0.1) is 0 Å². The third kappa shape index (κ3) is 4.70. The van der Waals surface area contributed by atoms with Crippen molar-refractivity contribution in [1.82, 2.24) is 14.9 Å². The Labute approximate surface area is 167 Å². The molecule has 4 rings (SSSR count). The molecule has 0 radical (unpaired) electrons. The Bertz CT molecular complexity index is 1090. The minimum Gasteiger partial charge on any atom is -0.444 e. The maximum atomic E-state index is 13.0. The second-order valence-corrected chi connectivity index (χ2v) is 6.42. The molecule has 0 aliphatic heterocycles. The lowest BCUT2D eigenvalue weighted by Crippen LogP contribution is -2.30. The molecule has 4 aromatic rings. The van der Waals surface area contributed by atoms with Gasteiger partial charge >= 0.3 is 6.03 Å². The van der Waals surface area contributed by atoms with Crippen LogP contribution in [-0.2, 0) is 6.42 Å². The van der Waals surface area contributed by atoms with Gasteiger partial charge < -0.3 is 19.6 Å². The van der Waals surface area contributed by atoms with Crippen LogP contribution in [0.4, 0.5) is 14.9 Å². The molecule has 0 aliphatic carbocycles. The Morgan fingerprint density at radius 3 is 2.66 bits per heavy atom. The molecule has 2 aromatic heterocycles. The number of nitrogens with zero attached hydrogens (tertiary/aromatic N) is 2. The molecule has 2 heterocycles. The van der Waals surface area contributed by atoms with Crippen LogP contribution in [0.5, 0.6) is 0 Å². The Morgan fingerprint density at radius 2 is 1.86 bits per heavy atom. The fourth-order valence-electron chi connectivity index (χ4n) is 2.88. The third-order valence-electron chi connectivity index (χ3n) is 4.32. The number of anilines is 1. The third-order valence-corrected chi connectivity index (χ3v) is 4.32. The van der Waals surface area contributed by atoms with Gasteiger partial charge in [-0.2, -0.15) is 0 Å². The summed E-state index contributed by atoms with van der Waals surface area (Å²) >= 11 is 0. The van der Waals surface area contributed by atoms with Gasteiger partial charge in [-0.1, -0.05) is 6.07 Å². The lowest BCUT2D eigenvalue weighted by atomic mass is 10.2. The topological polar surface area (TPSA) is 72.1 Å². The van der Waals surface area contributed by atoms with E-state index in [-0.39, 0.29) is 11.8 Å². The average Bonchev–Trinajstić information content (AvgIpc) is 3.41. The molecule has 2 aromatic carbocycles. The summed E-state index contributed by atoms with van der Waals surface area (Å²) in [6, 6.07) is 17.1. The average molecular weight is 390 g/mol. The predicted octanol–water partition coefficient (Wildman–Crippen LogP) is 4.64. The number of rotatable bonds is 6. The van der Waals surface area contributed by atoms with Crippen molar-refractivity contribution in [2.24, 2.45) is 0 Å². The first-order valence-electron chi connectivity index (χ1n) is 9.16. The quantitative estimate of drug-likeness (QED) is 0.504. The summed E-state index contributed by atoms with van der Waals surface area (Å²) in [6.45, 7) is 0.401. The second-order valence-electron chi connectivity index (χ2n) is 6.42. The fraction of sp³-hybridized carbons (Fsp3) is 0.0909. The zero-order valence-electron chi connectivity index (χ0n) is 15.5. The highest BCUT2D eigenvalue weighted by Gasteiger charge is 2.08. The molecule has 0 aliphatic rings. The lowest BCUT2D eigenvalue weighted by Gasteiger charge is -2.09. The highest BCUT2D eigenvalue weighted by atomic mass is 19.1. The number of halogens is 1. The molecule has 0 atom stereocenters. The largest absolute Gasteiger partial charge is 0.444 e. The van der Waals surface area contributed by atoms with Crippen LogP contribution in [0, 0.1) is 5.82 Å². The van der Waals surface area contributed by atoms with Gasteiger partial charge in [-0.3, -0.25) is 0 Å². The number of carbonyl (C=O) groups is 1. The molecule has 0 saturated carbocycles. The smallest absolute Gasteiger partial charge is 0.319 e. The zero-order chi connectivity index (χ0) is 20.1. The molecule has 2 amide bonds. The lowest BCUT2D eigenvalue weighted by molar-refractivity contribution is 0.252. The summed E-state index contributed by atoms with van der Waals surface area (Å²) in [6.07, 6.45) is 5.94. The van der Waals surface area contributed by atoms with Crippen molar-refractivity contribution in [2.75, 3.05) is 11.9 Å². The monoisotopic (exact) mass is 390 g/mol. The Hall–Kier alpha value is -3.87. The van der Waals surface area contributed by atoms with E-state index in [1.54, 1.807) is 18.4 Å². The standard InChI is InChI=1S/C22H19FN4O2/c23-17-8-6-16(7-9-17)21-25-19(15-29-21)10-11-24-22(28)26-18-4-3-5-20(14-18)27-12-1-2-13-27/h1-9,12-15H,10-11H2,(H2,24,26,28). The van der Waals surface area contributed by atoms with E-state index in [0.29, 0.717) is 35.8 Å². The van der Waals surface area contributed by atoms with Gasteiger partial charge in [0.1, 0.15) is 12.1 Å². The summed E-state index contributed by atoms with van der Waals surface area (Å²) in [5, 5.41) is 5.63. The minimum absolute atomic E-state index is 0.295. The number of hydrogen-bond acceptors (Lipinski definition) is 3. The minimum atomic E-state index is -0.311. The molecule has 146 valence electrons. The maximum absolute atomic E-state index is 13.0. The van der Waals surface area contributed by atoms with Gasteiger partial charge in [0.25, 0.3) is 0 Å². The molecule has 0 saturated heterocycles. The second kappa shape index (κ2) is 8.43. The van der Waals surface area contributed by atoms with Crippen molar-refractivity contribution in [1.29, 1.82) is 0 Å². The van der Waals surface area contributed by atoms with E-state index in [9.17, 15) is 9.18 Å². The van der Waals surface area contributed by atoms with Crippen molar-refractivity contribution in [3.05, 3.63) is 90.8 Å². The number of hydrogen-bond donors (Lipinski definition) is 2. The van der Waals surface area contributed by atoms with Crippen LogP contribution in [0.1, 0.15) is 5.69 Å². The highest BCUT2D eigenvalue weighted by Crippen LogP contribution is 2.19. The van der Waals surface area contributed by atoms with Crippen molar-refractivity contribution >= 4 is 11.7 Å². The van der Waals surface area contributed by atoms with E-state index >= 15 is 0 Å².